The summed E-state index contributed by atoms with van der Waals surface area (Å²) in [6, 6.07) is 9.64. The molecule has 5 aliphatic heterocycles. The molecule has 1 unspecified atom stereocenters. The number of carbonyl (C=O) groups excluding carboxylic acids is 1. The van der Waals surface area contributed by atoms with Gasteiger partial charge in [-0.25, -0.2) is 0 Å². The van der Waals surface area contributed by atoms with E-state index in [0.717, 1.165) is 6.54 Å². The number of carbonyl (C=O) groups is 1. The molecule has 2 bridgehead atoms. The van der Waals surface area contributed by atoms with E-state index in [1.165, 1.54) is 30.6 Å². The number of hydrogen-bond acceptors (Lipinski definition) is 3. The second-order valence-electron chi connectivity index (χ2n) is 8.78. The zero-order valence-corrected chi connectivity index (χ0v) is 15.5. The van der Waals surface area contributed by atoms with Crippen LogP contribution in [0.5, 0.6) is 0 Å². The first-order valence-electron chi connectivity index (χ1n) is 9.75. The first-order chi connectivity index (χ1) is 12.3. The molecule has 5 heterocycles. The average Bonchev–Trinajstić information content (AvgIpc) is 3.10. The Morgan fingerprint density at radius 2 is 2.12 bits per heavy atom. The van der Waals surface area contributed by atoms with Crippen molar-refractivity contribution >= 4 is 24.0 Å². The molecule has 1 spiro atoms. The Morgan fingerprint density at radius 3 is 3.04 bits per heavy atom. The minimum atomic E-state index is 0. The van der Waals surface area contributed by atoms with Gasteiger partial charge in [-0.15, -0.1) is 12.4 Å². The lowest BCUT2D eigenvalue weighted by atomic mass is 9.53. The monoisotopic (exact) mass is 370 g/mol. The lowest BCUT2D eigenvalue weighted by Gasteiger charge is -2.58. The third-order valence-corrected chi connectivity index (χ3v) is 8.22. The predicted octanol–water partition coefficient (Wildman–Crippen LogP) is 2.51. The number of ether oxygens (including phenoxy) is 1. The summed E-state index contributed by atoms with van der Waals surface area (Å²) in [5.41, 5.74) is 4.35. The van der Waals surface area contributed by atoms with Crippen molar-refractivity contribution in [1.82, 2.24) is 4.90 Å². The van der Waals surface area contributed by atoms with Crippen molar-refractivity contribution in [1.29, 1.82) is 0 Å². The molecule has 5 heteroatoms. The van der Waals surface area contributed by atoms with Crippen LogP contribution in [0.15, 0.2) is 35.9 Å². The first kappa shape index (κ1) is 15.7. The van der Waals surface area contributed by atoms with E-state index >= 15 is 0 Å². The Balaban J connectivity index is 0.00000137. The molecule has 136 valence electrons. The van der Waals surface area contributed by atoms with Gasteiger partial charge < -0.3 is 9.64 Å². The summed E-state index contributed by atoms with van der Waals surface area (Å²) >= 11 is 0. The maximum atomic E-state index is 13.2. The summed E-state index contributed by atoms with van der Waals surface area (Å²) in [5.74, 6) is 1.35. The summed E-state index contributed by atoms with van der Waals surface area (Å²) in [6.07, 6.45) is 5.43. The molecule has 0 aromatic heterocycles. The number of hydrogen-bond donors (Lipinski definition) is 0. The lowest BCUT2D eigenvalue weighted by molar-refractivity contribution is -0.132. The van der Waals surface area contributed by atoms with Gasteiger partial charge in [0.1, 0.15) is 0 Å². The number of para-hydroxylation sites is 1. The van der Waals surface area contributed by atoms with Gasteiger partial charge in [0.2, 0.25) is 5.91 Å². The minimum Gasteiger partial charge on any atom is -0.373 e. The average molecular weight is 371 g/mol. The molecule has 6 aliphatic rings. The van der Waals surface area contributed by atoms with Gasteiger partial charge >= 0.3 is 0 Å². The highest BCUT2D eigenvalue weighted by Gasteiger charge is 2.70. The Morgan fingerprint density at radius 1 is 1.23 bits per heavy atom. The fourth-order valence-electron chi connectivity index (χ4n) is 7.51. The van der Waals surface area contributed by atoms with Gasteiger partial charge in [0, 0.05) is 29.6 Å². The standard InChI is InChI=1S/C21H22N2O2.ClH/c24-18-10-16-19-13-9-17-21(6-7-22(17)11-12(13)5-8-25-16)14-3-1-2-4-15(14)23(18)20(19)21;/h1-5,13,16-17,19-20H,6-11H2;1H/t13-,16+,17+,19+,20+,21?;/m0./s1. The van der Waals surface area contributed by atoms with E-state index in [-0.39, 0.29) is 29.8 Å². The van der Waals surface area contributed by atoms with Gasteiger partial charge in [-0.3, -0.25) is 9.69 Å². The maximum absolute atomic E-state index is 13.2. The molecule has 4 nitrogen and oxygen atoms in total. The highest BCUT2D eigenvalue weighted by Crippen LogP contribution is 2.65. The number of fused-ring (bicyclic) bond motifs is 2. The van der Waals surface area contributed by atoms with Crippen LogP contribution in [0.25, 0.3) is 0 Å². The lowest BCUT2D eigenvalue weighted by Crippen LogP contribution is -2.69. The van der Waals surface area contributed by atoms with Gasteiger partial charge in [0.15, 0.2) is 0 Å². The van der Waals surface area contributed by atoms with Crippen LogP contribution in [0, 0.1) is 11.8 Å². The van der Waals surface area contributed by atoms with Gasteiger partial charge in [-0.05, 0) is 36.9 Å². The molecule has 0 radical (unpaired) electrons. The van der Waals surface area contributed by atoms with Crippen LogP contribution in [0.1, 0.15) is 24.8 Å². The maximum Gasteiger partial charge on any atom is 0.229 e. The molecule has 3 saturated heterocycles. The summed E-state index contributed by atoms with van der Waals surface area (Å²) in [7, 11) is 0. The third-order valence-electron chi connectivity index (χ3n) is 8.22. The Bertz CT molecular complexity index is 854. The van der Waals surface area contributed by atoms with Crippen molar-refractivity contribution in [2.45, 2.75) is 42.9 Å². The second-order valence-corrected chi connectivity index (χ2v) is 8.78. The molecule has 0 N–H and O–H groups in total. The quantitative estimate of drug-likeness (QED) is 0.658. The fourth-order valence-corrected chi connectivity index (χ4v) is 7.51. The van der Waals surface area contributed by atoms with Gasteiger partial charge in [-0.1, -0.05) is 29.8 Å². The molecule has 1 aromatic rings. The second kappa shape index (κ2) is 4.92. The van der Waals surface area contributed by atoms with Crippen molar-refractivity contribution in [2.75, 3.05) is 24.6 Å². The minimum absolute atomic E-state index is 0. The van der Waals surface area contributed by atoms with Crippen LogP contribution >= 0.6 is 12.4 Å². The van der Waals surface area contributed by atoms with Gasteiger partial charge in [0.05, 0.1) is 25.2 Å². The van der Waals surface area contributed by atoms with E-state index < -0.39 is 0 Å². The highest BCUT2D eigenvalue weighted by molar-refractivity contribution is 5.99. The van der Waals surface area contributed by atoms with Crippen molar-refractivity contribution in [3.05, 3.63) is 41.5 Å². The van der Waals surface area contributed by atoms with Crippen LogP contribution in [-0.4, -0.2) is 48.7 Å². The van der Waals surface area contributed by atoms with E-state index in [4.69, 9.17) is 4.74 Å². The molecule has 4 fully saturated rings. The smallest absolute Gasteiger partial charge is 0.229 e. The van der Waals surface area contributed by atoms with Crippen molar-refractivity contribution < 1.29 is 9.53 Å². The predicted molar refractivity (Wildman–Crippen MR) is 101 cm³/mol. The Kier molecular flexibility index (Phi) is 2.96. The van der Waals surface area contributed by atoms with Crippen LogP contribution in [-0.2, 0) is 14.9 Å². The fraction of sp³-hybridized carbons (Fsp3) is 0.571. The largest absolute Gasteiger partial charge is 0.373 e. The van der Waals surface area contributed by atoms with E-state index in [9.17, 15) is 4.79 Å². The van der Waals surface area contributed by atoms with E-state index in [0.29, 0.717) is 36.9 Å². The van der Waals surface area contributed by atoms with Crippen molar-refractivity contribution in [2.24, 2.45) is 11.8 Å². The Labute approximate surface area is 159 Å². The molecular weight excluding hydrogens is 348 g/mol. The van der Waals surface area contributed by atoms with Crippen molar-refractivity contribution in [3.8, 4) is 0 Å². The molecular formula is C21H23ClN2O2. The Hall–Kier alpha value is -1.36. The first-order valence-corrected chi connectivity index (χ1v) is 9.75. The van der Waals surface area contributed by atoms with E-state index in [2.05, 4.69) is 40.1 Å². The molecule has 7 rings (SSSR count). The van der Waals surface area contributed by atoms with E-state index in [1.807, 2.05) is 0 Å². The number of piperidine rings is 2. The van der Waals surface area contributed by atoms with E-state index in [1.54, 1.807) is 5.57 Å². The number of amides is 1. The van der Waals surface area contributed by atoms with Gasteiger partial charge in [0.25, 0.3) is 0 Å². The summed E-state index contributed by atoms with van der Waals surface area (Å²) < 4.78 is 6.25. The molecule has 1 aromatic carbocycles. The normalized spacial score (nSPS) is 44.2. The van der Waals surface area contributed by atoms with Gasteiger partial charge in [-0.2, -0.15) is 0 Å². The summed E-state index contributed by atoms with van der Waals surface area (Å²) in [4.78, 5) is 18.1. The number of anilines is 1. The van der Waals surface area contributed by atoms with Crippen LogP contribution in [0.3, 0.4) is 0 Å². The molecule has 1 saturated carbocycles. The number of halogens is 1. The number of nitrogens with zero attached hydrogens (tertiary/aromatic N) is 2. The SMILES string of the molecule is Cl.O=C1C[C@H]2OCC=C3CN4CCC56c7ccccc7N1[C@@H]5[C@@H]2[C@H]3C[C@@H]46. The molecule has 26 heavy (non-hydrogen) atoms. The van der Waals surface area contributed by atoms with Crippen LogP contribution < -0.4 is 4.90 Å². The number of benzene rings is 1. The molecule has 1 amide bonds. The topological polar surface area (TPSA) is 32.8 Å². The molecule has 1 aliphatic carbocycles. The zero-order chi connectivity index (χ0) is 16.3. The van der Waals surface area contributed by atoms with Crippen LogP contribution in [0.2, 0.25) is 0 Å². The van der Waals surface area contributed by atoms with Crippen molar-refractivity contribution in [3.63, 3.8) is 0 Å². The molecule has 6 atom stereocenters. The van der Waals surface area contributed by atoms with Crippen LogP contribution in [0.4, 0.5) is 5.69 Å². The number of rotatable bonds is 0. The zero-order valence-electron chi connectivity index (χ0n) is 14.6. The summed E-state index contributed by atoms with van der Waals surface area (Å²) in [5, 5.41) is 0. The summed E-state index contributed by atoms with van der Waals surface area (Å²) in [6.45, 7) is 2.97. The highest BCUT2D eigenvalue weighted by atomic mass is 35.5. The third kappa shape index (κ3) is 1.52.